The number of thiol groups is 1. The summed E-state index contributed by atoms with van der Waals surface area (Å²) in [6.45, 7) is 5.12. The van der Waals surface area contributed by atoms with Gasteiger partial charge in [-0.15, -0.1) is 0 Å². The summed E-state index contributed by atoms with van der Waals surface area (Å²) in [5.74, 6) is -1.68. The number of unbranched alkanes of at least 4 members (excludes halogenated alkanes) is 10. The smallest absolute Gasteiger partial charge is 0.320 e. The summed E-state index contributed by atoms with van der Waals surface area (Å²) < 4.78 is 10.8. The fourth-order valence-electron chi connectivity index (χ4n) is 3.10. The second-order valence-corrected chi connectivity index (χ2v) is 9.83. The molecule has 0 saturated carbocycles. The number of nitrogens with zero attached hydrogens (tertiary/aromatic N) is 1. The summed E-state index contributed by atoms with van der Waals surface area (Å²) in [4.78, 5) is 25.3. The van der Waals surface area contributed by atoms with Gasteiger partial charge in [-0.05, 0) is 25.1 Å². The van der Waals surface area contributed by atoms with Crippen LogP contribution in [0.5, 0.6) is 0 Å². The van der Waals surface area contributed by atoms with E-state index in [1.54, 1.807) is 14.1 Å². The van der Waals surface area contributed by atoms with Crippen molar-refractivity contribution in [2.24, 2.45) is 5.92 Å². The molecule has 0 bridgehead atoms. The number of rotatable bonds is 18. The van der Waals surface area contributed by atoms with Gasteiger partial charge in [0.05, 0.1) is 46.5 Å². The third-order valence-corrected chi connectivity index (χ3v) is 6.09. The molecule has 0 aromatic rings. The first-order valence-electron chi connectivity index (χ1n) is 11.7. The van der Waals surface area contributed by atoms with Crippen LogP contribution in [0.25, 0.3) is 0 Å². The zero-order valence-electron chi connectivity index (χ0n) is 19.6. The molecule has 176 valence electrons. The Morgan fingerprint density at radius 3 is 1.70 bits per heavy atom. The fourth-order valence-corrected chi connectivity index (χ4v) is 3.42. The normalized spacial score (nSPS) is 12.4. The molecule has 0 N–H and O–H groups in total. The van der Waals surface area contributed by atoms with Crippen LogP contribution in [0.3, 0.4) is 0 Å². The van der Waals surface area contributed by atoms with Gasteiger partial charge in [-0.3, -0.25) is 9.59 Å². The average molecular weight is 463 g/mol. The SMILES string of the molecule is CCCCCCCCOC(=O)CC(C(=O)OCCCCCCCC)C(=S)[N+](C)(C)S. The number of quaternary nitrogens is 1. The van der Waals surface area contributed by atoms with Crippen molar-refractivity contribution in [2.75, 3.05) is 27.3 Å². The fraction of sp³-hybridized carbons (Fsp3) is 0.870. The third-order valence-electron chi connectivity index (χ3n) is 5.00. The van der Waals surface area contributed by atoms with E-state index >= 15 is 0 Å². The van der Waals surface area contributed by atoms with Gasteiger partial charge in [0.1, 0.15) is 0 Å². The van der Waals surface area contributed by atoms with Crippen molar-refractivity contribution in [2.45, 2.75) is 97.3 Å². The molecule has 0 spiro atoms. The highest BCUT2D eigenvalue weighted by molar-refractivity contribution is 7.82. The van der Waals surface area contributed by atoms with Gasteiger partial charge in [0.15, 0.2) is 10.9 Å². The average Bonchev–Trinajstić information content (AvgIpc) is 2.69. The van der Waals surface area contributed by atoms with Crippen LogP contribution in [0.1, 0.15) is 97.3 Å². The van der Waals surface area contributed by atoms with E-state index in [9.17, 15) is 9.59 Å². The van der Waals surface area contributed by atoms with E-state index in [1.165, 1.54) is 38.5 Å². The molecule has 0 amide bonds. The van der Waals surface area contributed by atoms with Gasteiger partial charge in [0.2, 0.25) is 0 Å². The van der Waals surface area contributed by atoms with Crippen LogP contribution in [-0.2, 0) is 19.1 Å². The minimum atomic E-state index is -0.815. The van der Waals surface area contributed by atoms with Crippen molar-refractivity contribution in [1.82, 2.24) is 0 Å². The Labute approximate surface area is 195 Å². The molecule has 0 aromatic carbocycles. The number of carbonyl (C=O) groups is 2. The minimum Gasteiger partial charge on any atom is -0.466 e. The van der Waals surface area contributed by atoms with Gasteiger partial charge in [-0.25, -0.2) is 3.89 Å². The van der Waals surface area contributed by atoms with Gasteiger partial charge < -0.3 is 9.47 Å². The summed E-state index contributed by atoms with van der Waals surface area (Å²) >= 11 is 9.86. The molecule has 0 aliphatic carbocycles. The van der Waals surface area contributed by atoms with Gasteiger partial charge >= 0.3 is 11.9 Å². The van der Waals surface area contributed by atoms with Crippen molar-refractivity contribution < 1.29 is 23.0 Å². The molecular weight excluding hydrogens is 418 g/mol. The summed E-state index contributed by atoms with van der Waals surface area (Å²) in [5.41, 5.74) is 0. The Morgan fingerprint density at radius 1 is 0.800 bits per heavy atom. The van der Waals surface area contributed by atoms with E-state index < -0.39 is 17.9 Å². The summed E-state index contributed by atoms with van der Waals surface area (Å²) in [6, 6.07) is 0. The van der Waals surface area contributed by atoms with Crippen LogP contribution in [-0.4, -0.2) is 48.1 Å². The molecule has 30 heavy (non-hydrogen) atoms. The Bertz CT molecular complexity index is 492. The van der Waals surface area contributed by atoms with Crippen LogP contribution in [0.4, 0.5) is 0 Å². The zero-order chi connectivity index (χ0) is 22.8. The maximum atomic E-state index is 12.6. The molecule has 0 radical (unpaired) electrons. The summed E-state index contributed by atoms with van der Waals surface area (Å²) in [5, 5.41) is 0. The number of thiocarbonyl (C=S) groups is 1. The molecule has 7 heteroatoms. The molecule has 1 unspecified atom stereocenters. The van der Waals surface area contributed by atoms with E-state index in [1.807, 2.05) is 0 Å². The Morgan fingerprint density at radius 2 is 1.23 bits per heavy atom. The quantitative estimate of drug-likeness (QED) is 0.0883. The maximum absolute atomic E-state index is 12.6. The highest BCUT2D eigenvalue weighted by Crippen LogP contribution is 2.19. The number of esters is 2. The van der Waals surface area contributed by atoms with E-state index in [4.69, 9.17) is 21.7 Å². The first kappa shape index (κ1) is 29.3. The van der Waals surface area contributed by atoms with Gasteiger partial charge in [-0.1, -0.05) is 78.1 Å². The van der Waals surface area contributed by atoms with E-state index in [0.717, 1.165) is 38.5 Å². The number of ether oxygens (including phenoxy) is 2. The number of hydrogen-bond acceptors (Lipinski definition) is 6. The number of hydrogen-bond donors (Lipinski definition) is 1. The van der Waals surface area contributed by atoms with Gasteiger partial charge in [0.25, 0.3) is 0 Å². The first-order chi connectivity index (χ1) is 14.2. The second-order valence-electron chi connectivity index (χ2n) is 8.41. The predicted octanol–water partition coefficient (Wildman–Crippen LogP) is 6.05. The van der Waals surface area contributed by atoms with Gasteiger partial charge in [0, 0.05) is 0 Å². The molecule has 0 fully saturated rings. The van der Waals surface area contributed by atoms with Crippen molar-refractivity contribution in [3.63, 3.8) is 0 Å². The largest absolute Gasteiger partial charge is 0.466 e. The molecule has 0 aliphatic heterocycles. The van der Waals surface area contributed by atoms with E-state index in [0.29, 0.717) is 18.2 Å². The van der Waals surface area contributed by atoms with Crippen LogP contribution >= 0.6 is 25.0 Å². The first-order valence-corrected chi connectivity index (χ1v) is 12.5. The molecule has 0 saturated heterocycles. The molecule has 5 nitrogen and oxygen atoms in total. The predicted molar refractivity (Wildman–Crippen MR) is 130 cm³/mol. The highest BCUT2D eigenvalue weighted by atomic mass is 32.1. The van der Waals surface area contributed by atoms with E-state index in [2.05, 4.69) is 26.7 Å². The Hall–Kier alpha value is -0.660. The molecular formula is C23H44NO4S2+. The molecule has 0 aliphatic rings. The lowest BCUT2D eigenvalue weighted by Gasteiger charge is -2.25. The molecule has 0 aromatic heterocycles. The van der Waals surface area contributed by atoms with Crippen molar-refractivity contribution in [1.29, 1.82) is 0 Å². The number of carbonyl (C=O) groups excluding carboxylic acids is 2. The van der Waals surface area contributed by atoms with Crippen LogP contribution < -0.4 is 0 Å². The van der Waals surface area contributed by atoms with Crippen molar-refractivity contribution in [3.05, 3.63) is 0 Å². The molecule has 1 atom stereocenters. The van der Waals surface area contributed by atoms with E-state index in [-0.39, 0.29) is 10.3 Å². The van der Waals surface area contributed by atoms with Crippen LogP contribution in [0.15, 0.2) is 0 Å². The Balaban J connectivity index is 4.41. The lowest BCUT2D eigenvalue weighted by Crippen LogP contribution is -2.43. The van der Waals surface area contributed by atoms with Crippen LogP contribution in [0, 0.1) is 5.92 Å². The highest BCUT2D eigenvalue weighted by Gasteiger charge is 2.37. The summed E-state index contributed by atoms with van der Waals surface area (Å²) in [7, 11) is 3.53. The minimum absolute atomic E-state index is 0.0246. The monoisotopic (exact) mass is 462 g/mol. The maximum Gasteiger partial charge on any atom is 0.320 e. The Kier molecular flexibility index (Phi) is 17.6. The lowest BCUT2D eigenvalue weighted by molar-refractivity contribution is -0.642. The topological polar surface area (TPSA) is 52.6 Å². The van der Waals surface area contributed by atoms with Crippen molar-refractivity contribution >= 4 is 42.0 Å². The third kappa shape index (κ3) is 15.2. The standard InChI is InChI=1S/C23H44NO4S2/c1-5-7-9-11-13-15-17-27-21(25)19-20(22(29)24(3,4)30)23(26)28-18-16-14-12-10-8-6-2/h20,30H,5-19H2,1-4H3/q+1. The van der Waals surface area contributed by atoms with Crippen LogP contribution in [0.2, 0.25) is 0 Å². The molecule has 0 heterocycles. The zero-order valence-corrected chi connectivity index (χ0v) is 21.3. The van der Waals surface area contributed by atoms with Gasteiger partial charge in [-0.2, -0.15) is 0 Å². The van der Waals surface area contributed by atoms with Crippen molar-refractivity contribution in [3.8, 4) is 0 Å². The summed E-state index contributed by atoms with van der Waals surface area (Å²) in [6.07, 6.45) is 13.3. The molecule has 0 rings (SSSR count). The second kappa shape index (κ2) is 18.0. The lowest BCUT2D eigenvalue weighted by atomic mass is 10.1.